The molecule has 6 nitrogen and oxygen atoms in total. The minimum Gasteiger partial charge on any atom is -0.345 e. The molecule has 0 radical (unpaired) electrons. The molecule has 0 saturated carbocycles. The zero-order valence-corrected chi connectivity index (χ0v) is 14.3. The first-order valence-corrected chi connectivity index (χ1v) is 8.54. The van der Waals surface area contributed by atoms with Crippen LogP contribution >= 0.6 is 0 Å². The normalized spacial score (nSPS) is 17.8. The molecule has 1 atom stereocenters. The van der Waals surface area contributed by atoms with Crippen LogP contribution in [0.5, 0.6) is 0 Å². The van der Waals surface area contributed by atoms with Crippen molar-refractivity contribution in [2.24, 2.45) is 5.92 Å². The molecular weight excluding hydrogens is 302 g/mol. The van der Waals surface area contributed by atoms with Gasteiger partial charge in [0.1, 0.15) is 5.69 Å². The van der Waals surface area contributed by atoms with E-state index in [1.165, 1.54) is 6.42 Å². The summed E-state index contributed by atoms with van der Waals surface area (Å²) in [5.41, 5.74) is 1.16. The lowest BCUT2D eigenvalue weighted by atomic mass is 9.99. The van der Waals surface area contributed by atoms with Crippen LogP contribution in [0.25, 0.3) is 5.69 Å². The fraction of sp³-hybridized carbons (Fsp3) is 0.500. The van der Waals surface area contributed by atoms with Gasteiger partial charge in [-0.2, -0.15) is 0 Å². The van der Waals surface area contributed by atoms with E-state index >= 15 is 0 Å². The zero-order valence-electron chi connectivity index (χ0n) is 14.3. The average molecular weight is 327 g/mol. The van der Waals surface area contributed by atoms with Gasteiger partial charge in [0, 0.05) is 6.42 Å². The minimum atomic E-state index is -0.544. The van der Waals surface area contributed by atoms with Crippen LogP contribution in [0.1, 0.15) is 38.8 Å². The molecule has 24 heavy (non-hydrogen) atoms. The van der Waals surface area contributed by atoms with Crippen molar-refractivity contribution in [3.05, 3.63) is 42.2 Å². The molecule has 1 fully saturated rings. The van der Waals surface area contributed by atoms with Gasteiger partial charge >= 0.3 is 0 Å². The number of carbonyl (C=O) groups excluding carboxylic acids is 1. The summed E-state index contributed by atoms with van der Waals surface area (Å²) in [6.45, 7) is 6.02. The van der Waals surface area contributed by atoms with Gasteiger partial charge in [0.05, 0.1) is 17.4 Å². The lowest BCUT2D eigenvalue weighted by Crippen LogP contribution is -2.41. The van der Waals surface area contributed by atoms with E-state index in [4.69, 9.17) is 0 Å². The first-order chi connectivity index (χ1) is 11.5. The monoisotopic (exact) mass is 327 g/mol. The van der Waals surface area contributed by atoms with Gasteiger partial charge in [-0.15, -0.1) is 5.10 Å². The van der Waals surface area contributed by atoms with Crippen LogP contribution in [0, 0.1) is 5.92 Å². The molecule has 6 heteroatoms. The van der Waals surface area contributed by atoms with Crippen LogP contribution < -0.4 is 10.6 Å². The van der Waals surface area contributed by atoms with E-state index in [1.54, 1.807) is 4.68 Å². The highest BCUT2D eigenvalue weighted by Gasteiger charge is 2.27. The SMILES string of the molecule is CC(C)(NC(=O)CCC1CCNC1)c1cn(-c2ccccc2)nn1. The number of hydrogen-bond acceptors (Lipinski definition) is 4. The molecule has 1 saturated heterocycles. The van der Waals surface area contributed by atoms with Crippen LogP contribution in [0.4, 0.5) is 0 Å². The highest BCUT2D eigenvalue weighted by atomic mass is 16.1. The van der Waals surface area contributed by atoms with Crippen LogP contribution in [-0.2, 0) is 10.3 Å². The molecule has 0 spiro atoms. The molecule has 1 aliphatic rings. The van der Waals surface area contributed by atoms with Gasteiger partial charge in [0.2, 0.25) is 5.91 Å². The number of nitrogens with one attached hydrogen (secondary N) is 2. The first-order valence-electron chi connectivity index (χ1n) is 8.54. The summed E-state index contributed by atoms with van der Waals surface area (Å²) in [6, 6.07) is 9.83. The maximum absolute atomic E-state index is 12.3. The minimum absolute atomic E-state index is 0.0705. The summed E-state index contributed by atoms with van der Waals surface area (Å²) in [6.07, 6.45) is 4.53. The third kappa shape index (κ3) is 4.00. The van der Waals surface area contributed by atoms with Crippen LogP contribution in [-0.4, -0.2) is 34.0 Å². The van der Waals surface area contributed by atoms with Crippen molar-refractivity contribution in [3.63, 3.8) is 0 Å². The second-order valence-electron chi connectivity index (χ2n) is 6.95. The van der Waals surface area contributed by atoms with E-state index in [-0.39, 0.29) is 5.91 Å². The second kappa shape index (κ2) is 7.13. The van der Waals surface area contributed by atoms with Crippen molar-refractivity contribution in [3.8, 4) is 5.69 Å². The molecular formula is C18H25N5O. The van der Waals surface area contributed by atoms with E-state index in [9.17, 15) is 4.79 Å². The lowest BCUT2D eigenvalue weighted by molar-refractivity contribution is -0.123. The number of para-hydroxylation sites is 1. The topological polar surface area (TPSA) is 71.8 Å². The lowest BCUT2D eigenvalue weighted by Gasteiger charge is -2.24. The summed E-state index contributed by atoms with van der Waals surface area (Å²) in [4.78, 5) is 12.3. The van der Waals surface area contributed by atoms with Crippen molar-refractivity contribution < 1.29 is 4.79 Å². The van der Waals surface area contributed by atoms with Gasteiger partial charge < -0.3 is 10.6 Å². The zero-order chi connectivity index (χ0) is 17.0. The van der Waals surface area contributed by atoms with Gasteiger partial charge in [-0.05, 0) is 57.8 Å². The smallest absolute Gasteiger partial charge is 0.220 e. The second-order valence-corrected chi connectivity index (χ2v) is 6.95. The van der Waals surface area contributed by atoms with E-state index in [2.05, 4.69) is 20.9 Å². The van der Waals surface area contributed by atoms with E-state index in [1.807, 2.05) is 50.4 Å². The van der Waals surface area contributed by atoms with Crippen molar-refractivity contribution in [1.29, 1.82) is 0 Å². The molecule has 0 aliphatic carbocycles. The summed E-state index contributed by atoms with van der Waals surface area (Å²) >= 11 is 0. The van der Waals surface area contributed by atoms with Gasteiger partial charge in [0.25, 0.3) is 0 Å². The predicted molar refractivity (Wildman–Crippen MR) is 92.7 cm³/mol. The molecule has 1 aliphatic heterocycles. The van der Waals surface area contributed by atoms with Crippen molar-refractivity contribution in [2.75, 3.05) is 13.1 Å². The first kappa shape index (κ1) is 16.6. The largest absolute Gasteiger partial charge is 0.345 e. The number of hydrogen-bond donors (Lipinski definition) is 2. The molecule has 1 amide bonds. The Morgan fingerprint density at radius 1 is 1.38 bits per heavy atom. The van der Waals surface area contributed by atoms with E-state index < -0.39 is 5.54 Å². The van der Waals surface area contributed by atoms with Crippen LogP contribution in [0.15, 0.2) is 36.5 Å². The third-order valence-corrected chi connectivity index (χ3v) is 4.55. The van der Waals surface area contributed by atoms with Gasteiger partial charge in [0.15, 0.2) is 0 Å². The third-order valence-electron chi connectivity index (χ3n) is 4.55. The highest BCUT2D eigenvalue weighted by Crippen LogP contribution is 2.20. The molecule has 1 aromatic carbocycles. The van der Waals surface area contributed by atoms with Gasteiger partial charge in [-0.1, -0.05) is 23.4 Å². The average Bonchev–Trinajstić information content (AvgIpc) is 3.25. The van der Waals surface area contributed by atoms with Crippen molar-refractivity contribution in [1.82, 2.24) is 25.6 Å². The quantitative estimate of drug-likeness (QED) is 0.851. The number of carbonyl (C=O) groups is 1. The standard InChI is InChI=1S/C18H25N5O/c1-18(2,20-17(24)9-8-14-10-11-19-12-14)16-13-23(22-21-16)15-6-4-3-5-7-15/h3-7,13-14,19H,8-12H2,1-2H3,(H,20,24). The molecule has 2 N–H and O–H groups in total. The molecule has 1 unspecified atom stereocenters. The molecule has 2 aromatic rings. The Bertz CT molecular complexity index is 674. The number of aromatic nitrogens is 3. The molecule has 128 valence electrons. The predicted octanol–water partition coefficient (Wildman–Crippen LogP) is 2.01. The van der Waals surface area contributed by atoms with E-state index in [0.29, 0.717) is 12.3 Å². The molecule has 0 bridgehead atoms. The summed E-state index contributed by atoms with van der Waals surface area (Å²) in [7, 11) is 0. The Balaban J connectivity index is 1.60. The number of benzene rings is 1. The number of nitrogens with zero attached hydrogens (tertiary/aromatic N) is 3. The maximum atomic E-state index is 12.3. The van der Waals surface area contributed by atoms with Gasteiger partial charge in [-0.3, -0.25) is 4.79 Å². The molecule has 2 heterocycles. The summed E-state index contributed by atoms with van der Waals surface area (Å²) in [5, 5.41) is 14.8. The van der Waals surface area contributed by atoms with Gasteiger partial charge in [-0.25, -0.2) is 4.68 Å². The Morgan fingerprint density at radius 2 is 2.17 bits per heavy atom. The Labute approximate surface area is 142 Å². The number of amides is 1. The molecule has 1 aromatic heterocycles. The number of rotatable bonds is 6. The van der Waals surface area contributed by atoms with E-state index in [0.717, 1.165) is 30.9 Å². The van der Waals surface area contributed by atoms with Crippen molar-refractivity contribution >= 4 is 5.91 Å². The fourth-order valence-corrected chi connectivity index (χ4v) is 3.03. The van der Waals surface area contributed by atoms with Crippen LogP contribution in [0.3, 0.4) is 0 Å². The van der Waals surface area contributed by atoms with Crippen molar-refractivity contribution in [2.45, 2.75) is 38.6 Å². The van der Waals surface area contributed by atoms with Crippen LogP contribution in [0.2, 0.25) is 0 Å². The molecule has 3 rings (SSSR count). The highest BCUT2D eigenvalue weighted by molar-refractivity contribution is 5.76. The fourth-order valence-electron chi connectivity index (χ4n) is 3.03. The Hall–Kier alpha value is -2.21. The Kier molecular flexibility index (Phi) is 4.94. The maximum Gasteiger partial charge on any atom is 0.220 e. The summed E-state index contributed by atoms with van der Waals surface area (Å²) in [5.74, 6) is 0.693. The Morgan fingerprint density at radius 3 is 2.88 bits per heavy atom. The summed E-state index contributed by atoms with van der Waals surface area (Å²) < 4.78 is 1.73.